The zero-order valence-corrected chi connectivity index (χ0v) is 15.7. The van der Waals surface area contributed by atoms with Gasteiger partial charge in [0, 0.05) is 36.3 Å². The van der Waals surface area contributed by atoms with E-state index in [4.69, 9.17) is 5.73 Å². The number of benzene rings is 1. The SMILES string of the molecule is CCC(CC)(CN)C(=O)NCC1CCN(c2ccc(Br)cc2)C1. The Labute approximate surface area is 147 Å². The highest BCUT2D eigenvalue weighted by atomic mass is 79.9. The molecule has 4 nitrogen and oxygen atoms in total. The zero-order chi connectivity index (χ0) is 16.9. The zero-order valence-electron chi connectivity index (χ0n) is 14.1. The largest absolute Gasteiger partial charge is 0.371 e. The van der Waals surface area contributed by atoms with Gasteiger partial charge in [0.15, 0.2) is 0 Å². The van der Waals surface area contributed by atoms with Gasteiger partial charge < -0.3 is 16.0 Å². The second-order valence-electron chi connectivity index (χ2n) is 6.48. The number of carbonyl (C=O) groups excluding carboxylic acids is 1. The fourth-order valence-corrected chi connectivity index (χ4v) is 3.53. The molecule has 1 atom stereocenters. The summed E-state index contributed by atoms with van der Waals surface area (Å²) >= 11 is 3.47. The van der Waals surface area contributed by atoms with Gasteiger partial charge in [-0.25, -0.2) is 0 Å². The molecule has 3 N–H and O–H groups in total. The first kappa shape index (κ1) is 18.3. The number of hydrogen-bond donors (Lipinski definition) is 2. The quantitative estimate of drug-likeness (QED) is 0.762. The van der Waals surface area contributed by atoms with Crippen LogP contribution >= 0.6 is 15.9 Å². The highest BCUT2D eigenvalue weighted by Gasteiger charge is 2.34. The molecule has 1 unspecified atom stereocenters. The van der Waals surface area contributed by atoms with E-state index in [-0.39, 0.29) is 5.91 Å². The summed E-state index contributed by atoms with van der Waals surface area (Å²) in [5.41, 5.74) is 6.70. The van der Waals surface area contributed by atoms with Crippen molar-refractivity contribution >= 4 is 27.5 Å². The van der Waals surface area contributed by atoms with Crippen LogP contribution in [0.1, 0.15) is 33.1 Å². The predicted octanol–water partition coefficient (Wildman–Crippen LogP) is 3.16. The first-order valence-electron chi connectivity index (χ1n) is 8.53. The van der Waals surface area contributed by atoms with E-state index >= 15 is 0 Å². The molecule has 0 bridgehead atoms. The molecule has 1 heterocycles. The van der Waals surface area contributed by atoms with E-state index in [9.17, 15) is 4.79 Å². The molecule has 2 rings (SSSR count). The van der Waals surface area contributed by atoms with Gasteiger partial charge in [-0.15, -0.1) is 0 Å². The molecule has 0 spiro atoms. The molecule has 23 heavy (non-hydrogen) atoms. The van der Waals surface area contributed by atoms with E-state index in [1.165, 1.54) is 5.69 Å². The van der Waals surface area contributed by atoms with Gasteiger partial charge in [-0.3, -0.25) is 4.79 Å². The molecule has 1 fully saturated rings. The fraction of sp³-hybridized carbons (Fsp3) is 0.611. The smallest absolute Gasteiger partial charge is 0.227 e. The number of hydrogen-bond acceptors (Lipinski definition) is 3. The molecule has 0 saturated carbocycles. The Morgan fingerprint density at radius 2 is 2.00 bits per heavy atom. The van der Waals surface area contributed by atoms with Crippen LogP contribution in [-0.2, 0) is 4.79 Å². The van der Waals surface area contributed by atoms with Crippen molar-refractivity contribution in [2.75, 3.05) is 31.1 Å². The Kier molecular flexibility index (Phi) is 6.48. The van der Waals surface area contributed by atoms with E-state index in [1.54, 1.807) is 0 Å². The van der Waals surface area contributed by atoms with Gasteiger partial charge in [0.25, 0.3) is 0 Å². The molecule has 1 aromatic rings. The van der Waals surface area contributed by atoms with Crippen LogP contribution in [0.25, 0.3) is 0 Å². The standard InChI is InChI=1S/C18H28BrN3O/c1-3-18(4-2,13-20)17(23)21-11-14-9-10-22(12-14)16-7-5-15(19)6-8-16/h5-8,14H,3-4,9-13,20H2,1-2H3,(H,21,23). The molecule has 1 amide bonds. The van der Waals surface area contributed by atoms with Crippen molar-refractivity contribution < 1.29 is 4.79 Å². The summed E-state index contributed by atoms with van der Waals surface area (Å²) in [6.45, 7) is 7.29. The average molecular weight is 382 g/mol. The molecule has 1 aromatic carbocycles. The van der Waals surface area contributed by atoms with Crippen molar-refractivity contribution in [3.63, 3.8) is 0 Å². The lowest BCUT2D eigenvalue weighted by molar-refractivity contribution is -0.131. The van der Waals surface area contributed by atoms with Crippen LogP contribution in [0.5, 0.6) is 0 Å². The third-order valence-electron chi connectivity index (χ3n) is 5.25. The predicted molar refractivity (Wildman–Crippen MR) is 99.5 cm³/mol. The first-order valence-corrected chi connectivity index (χ1v) is 9.32. The molecule has 0 aromatic heterocycles. The first-order chi connectivity index (χ1) is 11.0. The molecule has 1 aliphatic heterocycles. The summed E-state index contributed by atoms with van der Waals surface area (Å²) in [6.07, 6.45) is 2.70. The summed E-state index contributed by atoms with van der Waals surface area (Å²) in [5, 5.41) is 3.15. The highest BCUT2D eigenvalue weighted by molar-refractivity contribution is 9.10. The summed E-state index contributed by atoms with van der Waals surface area (Å²) in [5.74, 6) is 0.624. The molecule has 0 radical (unpaired) electrons. The minimum absolute atomic E-state index is 0.118. The number of nitrogens with two attached hydrogens (primary N) is 1. The second-order valence-corrected chi connectivity index (χ2v) is 7.39. The van der Waals surface area contributed by atoms with Gasteiger partial charge in [-0.05, 0) is 49.4 Å². The lowest BCUT2D eigenvalue weighted by atomic mass is 9.81. The van der Waals surface area contributed by atoms with Crippen molar-refractivity contribution in [1.29, 1.82) is 0 Å². The summed E-state index contributed by atoms with van der Waals surface area (Å²) < 4.78 is 1.10. The van der Waals surface area contributed by atoms with E-state index in [2.05, 4.69) is 50.4 Å². The number of anilines is 1. The van der Waals surface area contributed by atoms with Gasteiger partial charge in [0.2, 0.25) is 5.91 Å². The molecule has 128 valence electrons. The lowest BCUT2D eigenvalue weighted by Crippen LogP contribution is -2.46. The van der Waals surface area contributed by atoms with E-state index < -0.39 is 5.41 Å². The maximum absolute atomic E-state index is 12.5. The Bertz CT molecular complexity index is 505. The maximum Gasteiger partial charge on any atom is 0.227 e. The Morgan fingerprint density at radius 1 is 1.35 bits per heavy atom. The third-order valence-corrected chi connectivity index (χ3v) is 5.78. The van der Waals surface area contributed by atoms with Crippen LogP contribution in [0, 0.1) is 11.3 Å². The minimum atomic E-state index is -0.399. The van der Waals surface area contributed by atoms with E-state index in [1.807, 2.05) is 13.8 Å². The van der Waals surface area contributed by atoms with Gasteiger partial charge >= 0.3 is 0 Å². The van der Waals surface area contributed by atoms with Crippen LogP contribution < -0.4 is 16.0 Å². The van der Waals surface area contributed by atoms with Crippen LogP contribution in [0.4, 0.5) is 5.69 Å². The topological polar surface area (TPSA) is 58.4 Å². The maximum atomic E-state index is 12.5. The van der Waals surface area contributed by atoms with Crippen LogP contribution in [-0.4, -0.2) is 32.1 Å². The van der Waals surface area contributed by atoms with Gasteiger partial charge in [0.05, 0.1) is 5.41 Å². The minimum Gasteiger partial charge on any atom is -0.371 e. The van der Waals surface area contributed by atoms with Crippen LogP contribution in [0.15, 0.2) is 28.7 Å². The van der Waals surface area contributed by atoms with Crippen LogP contribution in [0.2, 0.25) is 0 Å². The number of rotatable bonds is 7. The molecular formula is C18H28BrN3O. The fourth-order valence-electron chi connectivity index (χ4n) is 3.26. The summed E-state index contributed by atoms with van der Waals surface area (Å²) in [4.78, 5) is 14.9. The van der Waals surface area contributed by atoms with Crippen molar-refractivity contribution in [2.24, 2.45) is 17.1 Å². The number of amides is 1. The third kappa shape index (κ3) is 4.27. The Hall–Kier alpha value is -1.07. The van der Waals surface area contributed by atoms with Crippen molar-refractivity contribution in [1.82, 2.24) is 5.32 Å². The highest BCUT2D eigenvalue weighted by Crippen LogP contribution is 2.27. The summed E-state index contributed by atoms with van der Waals surface area (Å²) in [6, 6.07) is 8.42. The Morgan fingerprint density at radius 3 is 2.57 bits per heavy atom. The number of nitrogens with one attached hydrogen (secondary N) is 1. The van der Waals surface area contributed by atoms with Crippen molar-refractivity contribution in [3.8, 4) is 0 Å². The second kappa shape index (κ2) is 8.15. The van der Waals surface area contributed by atoms with Crippen LogP contribution in [0.3, 0.4) is 0 Å². The van der Waals surface area contributed by atoms with Gasteiger partial charge in [0.1, 0.15) is 0 Å². The molecule has 5 heteroatoms. The number of carbonyl (C=O) groups is 1. The molecule has 1 saturated heterocycles. The van der Waals surface area contributed by atoms with Gasteiger partial charge in [-0.2, -0.15) is 0 Å². The van der Waals surface area contributed by atoms with Crippen molar-refractivity contribution in [2.45, 2.75) is 33.1 Å². The summed E-state index contributed by atoms with van der Waals surface area (Å²) in [7, 11) is 0. The molecule has 1 aliphatic rings. The number of halogens is 1. The van der Waals surface area contributed by atoms with Gasteiger partial charge in [-0.1, -0.05) is 29.8 Å². The lowest BCUT2D eigenvalue weighted by Gasteiger charge is -2.29. The monoisotopic (exact) mass is 381 g/mol. The van der Waals surface area contributed by atoms with Crippen molar-refractivity contribution in [3.05, 3.63) is 28.7 Å². The van der Waals surface area contributed by atoms with E-state index in [0.717, 1.165) is 43.4 Å². The average Bonchev–Trinajstić information content (AvgIpc) is 3.04. The van der Waals surface area contributed by atoms with E-state index in [0.29, 0.717) is 12.5 Å². The molecular weight excluding hydrogens is 354 g/mol. The molecule has 0 aliphatic carbocycles. The normalized spacial score (nSPS) is 18.3. The Balaban J connectivity index is 1.86. The number of nitrogens with zero attached hydrogens (tertiary/aromatic N) is 1.